The fourth-order valence-corrected chi connectivity index (χ4v) is 0.510. The van der Waals surface area contributed by atoms with Crippen LogP contribution in [0.2, 0.25) is 0 Å². The Hall–Kier alpha value is -0.890. The Balaban J connectivity index is 2.96. The quantitative estimate of drug-likeness (QED) is 0.311. The molecule has 0 spiro atoms. The zero-order valence-corrected chi connectivity index (χ0v) is 6.34. The molecule has 0 atom stereocenters. The molecule has 0 amide bonds. The molecule has 0 aromatic heterocycles. The molecule has 12 heavy (non-hydrogen) atoms. The summed E-state index contributed by atoms with van der Waals surface area (Å²) >= 11 is 0. The molecule has 0 aliphatic rings. The van der Waals surface area contributed by atoms with Crippen LogP contribution in [0.3, 0.4) is 0 Å². The molecule has 0 saturated carbocycles. The first kappa shape index (κ1) is 11.1. The Labute approximate surface area is 68.6 Å². The lowest BCUT2D eigenvalue weighted by molar-refractivity contribution is -0.492. The summed E-state index contributed by atoms with van der Waals surface area (Å²) in [5, 5.41) is 23.7. The summed E-state index contributed by atoms with van der Waals surface area (Å²) < 4.78 is 4.17. The van der Waals surface area contributed by atoms with E-state index in [9.17, 15) is 4.79 Å². The third kappa shape index (κ3) is 9.11. The summed E-state index contributed by atoms with van der Waals surface area (Å²) in [4.78, 5) is 14.0. The maximum Gasteiger partial charge on any atom is 0.505 e. The van der Waals surface area contributed by atoms with E-state index in [4.69, 9.17) is 15.5 Å². The van der Waals surface area contributed by atoms with Crippen LogP contribution in [0.1, 0.15) is 12.8 Å². The molecule has 0 aliphatic heterocycles. The molecule has 7 heteroatoms. The highest BCUT2D eigenvalue weighted by Gasteiger charge is 1.97. The van der Waals surface area contributed by atoms with Gasteiger partial charge in [0.1, 0.15) is 0 Å². The molecule has 0 rings (SSSR count). The van der Waals surface area contributed by atoms with Crippen molar-refractivity contribution < 1.29 is 29.9 Å². The first-order chi connectivity index (χ1) is 5.63. The molecular weight excluding hydrogens is 170 g/mol. The van der Waals surface area contributed by atoms with Gasteiger partial charge in [-0.25, -0.2) is 4.79 Å². The first-order valence-electron chi connectivity index (χ1n) is 3.29. The number of nitrogens with zero attached hydrogens (tertiary/aromatic N) is 1. The Morgan fingerprint density at radius 3 is 2.33 bits per heavy atom. The van der Waals surface area contributed by atoms with Gasteiger partial charge in [-0.3, -0.25) is 15.3 Å². The molecule has 3 N–H and O–H groups in total. The van der Waals surface area contributed by atoms with Gasteiger partial charge >= 0.3 is 6.16 Å². The van der Waals surface area contributed by atoms with Crippen molar-refractivity contribution in [2.45, 2.75) is 12.8 Å². The second-order valence-electron chi connectivity index (χ2n) is 1.91. The maximum absolute atomic E-state index is 9.80. The summed E-state index contributed by atoms with van der Waals surface area (Å²) in [7, 11) is 0. The van der Waals surface area contributed by atoms with Crippen LogP contribution in [0, 0.1) is 0 Å². The van der Waals surface area contributed by atoms with Crippen molar-refractivity contribution in [1.29, 1.82) is 0 Å². The molecular formula is C5H11NO6. The topological polar surface area (TPSA) is 99.5 Å². The molecule has 0 unspecified atom stereocenters. The summed E-state index contributed by atoms with van der Waals surface area (Å²) in [5.74, 6) is 0. The number of carboxylic acid groups (broad SMARTS) is 1. The van der Waals surface area contributed by atoms with Crippen LogP contribution in [0.5, 0.6) is 0 Å². The third-order valence-electron chi connectivity index (χ3n) is 0.971. The van der Waals surface area contributed by atoms with Gasteiger partial charge in [-0.05, 0) is 12.8 Å². The largest absolute Gasteiger partial charge is 0.505 e. The normalized spacial score (nSPS) is 10.2. The minimum absolute atomic E-state index is 0.0789. The molecule has 0 radical (unpaired) electrons. The molecule has 0 saturated heterocycles. The van der Waals surface area contributed by atoms with Gasteiger partial charge in [0.15, 0.2) is 0 Å². The second-order valence-corrected chi connectivity index (χ2v) is 1.91. The van der Waals surface area contributed by atoms with Crippen molar-refractivity contribution in [2.24, 2.45) is 0 Å². The minimum Gasteiger partial charge on any atom is -0.450 e. The Morgan fingerprint density at radius 2 is 1.83 bits per heavy atom. The molecule has 0 aromatic carbocycles. The summed E-state index contributed by atoms with van der Waals surface area (Å²) in [5.41, 5.74) is 0. The highest BCUT2D eigenvalue weighted by molar-refractivity contribution is 5.56. The number of hydrogen-bond acceptors (Lipinski definition) is 6. The van der Waals surface area contributed by atoms with Gasteiger partial charge in [-0.15, -0.1) is 0 Å². The summed E-state index contributed by atoms with van der Waals surface area (Å²) in [6, 6.07) is 0. The molecule has 0 aromatic rings. The van der Waals surface area contributed by atoms with Crippen molar-refractivity contribution in [2.75, 3.05) is 13.2 Å². The van der Waals surface area contributed by atoms with Gasteiger partial charge in [0.2, 0.25) is 0 Å². The number of carbonyl (C=O) groups is 1. The number of ether oxygens (including phenoxy) is 1. The Kier molecular flexibility index (Phi) is 6.29. The fourth-order valence-electron chi connectivity index (χ4n) is 0.510. The van der Waals surface area contributed by atoms with Crippen LogP contribution in [0.25, 0.3) is 0 Å². The molecule has 0 aliphatic carbocycles. The van der Waals surface area contributed by atoms with Gasteiger partial charge in [0.05, 0.1) is 18.6 Å². The van der Waals surface area contributed by atoms with Crippen molar-refractivity contribution in [1.82, 2.24) is 5.39 Å². The third-order valence-corrected chi connectivity index (χ3v) is 0.971. The second kappa shape index (κ2) is 6.80. The Bertz CT molecular complexity index is 127. The van der Waals surface area contributed by atoms with Crippen LogP contribution in [-0.2, 0) is 9.57 Å². The predicted octanol–water partition coefficient (Wildman–Crippen LogP) is 0.473. The van der Waals surface area contributed by atoms with Gasteiger partial charge in [-0.2, -0.15) is 0 Å². The van der Waals surface area contributed by atoms with Gasteiger partial charge in [0, 0.05) is 0 Å². The van der Waals surface area contributed by atoms with Gasteiger partial charge < -0.3 is 9.84 Å². The van der Waals surface area contributed by atoms with Crippen LogP contribution >= 0.6 is 0 Å². The van der Waals surface area contributed by atoms with Gasteiger partial charge in [0.25, 0.3) is 0 Å². The zero-order valence-electron chi connectivity index (χ0n) is 6.34. The van der Waals surface area contributed by atoms with E-state index in [1.165, 1.54) is 0 Å². The summed E-state index contributed by atoms with van der Waals surface area (Å²) in [6.45, 7) is 0.172. The van der Waals surface area contributed by atoms with E-state index in [0.717, 1.165) is 0 Å². The molecule has 7 nitrogen and oxygen atoms in total. The monoisotopic (exact) mass is 181 g/mol. The highest BCUT2D eigenvalue weighted by atomic mass is 17.1. The number of hydrogen-bond donors (Lipinski definition) is 3. The van der Waals surface area contributed by atoms with E-state index in [1.54, 1.807) is 0 Å². The SMILES string of the molecule is O=C(O)OCCCCON(O)O. The summed E-state index contributed by atoms with van der Waals surface area (Å²) in [6.07, 6.45) is -0.368. The van der Waals surface area contributed by atoms with Crippen molar-refractivity contribution >= 4 is 6.16 Å². The van der Waals surface area contributed by atoms with Gasteiger partial charge in [-0.1, -0.05) is 0 Å². The predicted molar refractivity (Wildman–Crippen MR) is 34.6 cm³/mol. The van der Waals surface area contributed by atoms with Crippen molar-refractivity contribution in [3.05, 3.63) is 0 Å². The molecule has 0 fully saturated rings. The first-order valence-corrected chi connectivity index (χ1v) is 3.29. The van der Waals surface area contributed by atoms with Crippen LogP contribution < -0.4 is 0 Å². The van der Waals surface area contributed by atoms with E-state index >= 15 is 0 Å². The fraction of sp³-hybridized carbons (Fsp3) is 0.800. The lowest BCUT2D eigenvalue weighted by Crippen LogP contribution is -2.15. The van der Waals surface area contributed by atoms with Crippen molar-refractivity contribution in [3.8, 4) is 0 Å². The average molecular weight is 181 g/mol. The van der Waals surface area contributed by atoms with E-state index in [1.807, 2.05) is 0 Å². The standard InChI is InChI=1S/C5H11NO6/c7-5(8)11-3-1-2-4-12-6(9)10/h9-10H,1-4H2,(H,7,8). The number of rotatable bonds is 6. The van der Waals surface area contributed by atoms with Crippen LogP contribution in [0.15, 0.2) is 0 Å². The lowest BCUT2D eigenvalue weighted by Gasteiger charge is -2.05. The molecule has 0 heterocycles. The zero-order chi connectivity index (χ0) is 9.40. The molecule has 72 valence electrons. The number of unbranched alkanes of at least 4 members (excludes halogenated alkanes) is 1. The average Bonchev–Trinajstić information content (AvgIpc) is 1.95. The van der Waals surface area contributed by atoms with Crippen LogP contribution in [0.4, 0.5) is 4.79 Å². The van der Waals surface area contributed by atoms with Crippen molar-refractivity contribution in [3.63, 3.8) is 0 Å². The van der Waals surface area contributed by atoms with Crippen LogP contribution in [-0.4, -0.2) is 40.3 Å². The van der Waals surface area contributed by atoms with E-state index in [2.05, 4.69) is 9.57 Å². The smallest absolute Gasteiger partial charge is 0.450 e. The van der Waals surface area contributed by atoms with E-state index < -0.39 is 11.5 Å². The molecule has 0 bridgehead atoms. The minimum atomic E-state index is -1.32. The maximum atomic E-state index is 9.80. The highest BCUT2D eigenvalue weighted by Crippen LogP contribution is 1.92. The Morgan fingerprint density at radius 1 is 1.25 bits per heavy atom. The van der Waals surface area contributed by atoms with E-state index in [-0.39, 0.29) is 13.2 Å². The lowest BCUT2D eigenvalue weighted by atomic mass is 10.3. The van der Waals surface area contributed by atoms with E-state index in [0.29, 0.717) is 12.8 Å².